The van der Waals surface area contributed by atoms with Crippen molar-refractivity contribution in [2.24, 2.45) is 0 Å². The van der Waals surface area contributed by atoms with E-state index in [1.807, 2.05) is 0 Å². The maximum absolute atomic E-state index is 11.8. The summed E-state index contributed by atoms with van der Waals surface area (Å²) in [4.78, 5) is 11.1. The molecule has 7 heteroatoms. The van der Waals surface area contributed by atoms with Crippen LogP contribution in [0.4, 0.5) is 5.69 Å². The van der Waals surface area contributed by atoms with Crippen molar-refractivity contribution in [3.05, 3.63) is 24.3 Å². The molecule has 0 spiro atoms. The first-order chi connectivity index (χ1) is 7.86. The number of benzene rings is 1. The largest absolute Gasteiger partial charge is 0.468 e. The van der Waals surface area contributed by atoms with E-state index in [2.05, 4.69) is 9.46 Å². The van der Waals surface area contributed by atoms with Crippen LogP contribution in [0, 0.1) is 0 Å². The van der Waals surface area contributed by atoms with E-state index in [0.29, 0.717) is 5.69 Å². The quantitative estimate of drug-likeness (QED) is 0.590. The van der Waals surface area contributed by atoms with Crippen LogP contribution in [0.1, 0.15) is 6.92 Å². The number of rotatable bonds is 4. The van der Waals surface area contributed by atoms with Crippen molar-refractivity contribution in [1.29, 1.82) is 0 Å². The van der Waals surface area contributed by atoms with Gasteiger partial charge in [0.1, 0.15) is 6.04 Å². The first kappa shape index (κ1) is 13.5. The monoisotopic (exact) mass is 258 g/mol. The Labute approximate surface area is 99.8 Å². The molecule has 17 heavy (non-hydrogen) atoms. The van der Waals surface area contributed by atoms with Crippen LogP contribution in [0.25, 0.3) is 0 Å². The van der Waals surface area contributed by atoms with Crippen LogP contribution in [0.15, 0.2) is 29.2 Å². The van der Waals surface area contributed by atoms with Crippen LogP contribution in [-0.4, -0.2) is 27.5 Å². The molecule has 1 aromatic rings. The molecule has 0 saturated carbocycles. The fourth-order valence-corrected chi connectivity index (χ4v) is 2.45. The second-order valence-electron chi connectivity index (χ2n) is 3.44. The van der Waals surface area contributed by atoms with Crippen molar-refractivity contribution in [3.8, 4) is 0 Å². The maximum Gasteiger partial charge on any atom is 0.323 e. The third-order valence-corrected chi connectivity index (χ3v) is 3.59. The Morgan fingerprint density at radius 1 is 1.47 bits per heavy atom. The lowest BCUT2D eigenvalue weighted by atomic mass is 10.3. The lowest BCUT2D eigenvalue weighted by Gasteiger charge is -2.12. The van der Waals surface area contributed by atoms with Gasteiger partial charge in [0.05, 0.1) is 12.0 Å². The molecule has 0 aliphatic heterocycles. The van der Waals surface area contributed by atoms with Crippen molar-refractivity contribution in [1.82, 2.24) is 4.72 Å². The molecule has 3 N–H and O–H groups in total. The van der Waals surface area contributed by atoms with Crippen molar-refractivity contribution >= 4 is 21.7 Å². The van der Waals surface area contributed by atoms with Crippen molar-refractivity contribution < 1.29 is 17.9 Å². The van der Waals surface area contributed by atoms with E-state index in [4.69, 9.17) is 5.73 Å². The fourth-order valence-electron chi connectivity index (χ4n) is 1.21. The zero-order valence-corrected chi connectivity index (χ0v) is 10.3. The molecule has 0 heterocycles. The Balaban J connectivity index is 2.93. The van der Waals surface area contributed by atoms with Gasteiger partial charge in [-0.25, -0.2) is 8.42 Å². The number of nitrogens with one attached hydrogen (secondary N) is 1. The summed E-state index contributed by atoms with van der Waals surface area (Å²) in [7, 11) is -2.58. The van der Waals surface area contributed by atoms with Crippen LogP contribution in [0.2, 0.25) is 0 Å². The average Bonchev–Trinajstić information content (AvgIpc) is 2.27. The van der Waals surface area contributed by atoms with E-state index in [9.17, 15) is 13.2 Å². The summed E-state index contributed by atoms with van der Waals surface area (Å²) in [6.07, 6.45) is 0. The first-order valence-corrected chi connectivity index (χ1v) is 6.31. The SMILES string of the molecule is COC(=O)C(C)NS(=O)(=O)c1cccc(N)c1. The van der Waals surface area contributed by atoms with Crippen LogP contribution in [0.5, 0.6) is 0 Å². The van der Waals surface area contributed by atoms with Crippen molar-refractivity contribution in [2.75, 3.05) is 12.8 Å². The van der Waals surface area contributed by atoms with Crippen molar-refractivity contribution in [2.45, 2.75) is 17.9 Å². The summed E-state index contributed by atoms with van der Waals surface area (Å²) >= 11 is 0. The van der Waals surface area contributed by atoms with Gasteiger partial charge in [0.15, 0.2) is 0 Å². The maximum atomic E-state index is 11.8. The predicted octanol–water partition coefficient (Wildman–Crippen LogP) is 0.109. The van der Waals surface area contributed by atoms with Gasteiger partial charge in [0, 0.05) is 5.69 Å². The zero-order valence-electron chi connectivity index (χ0n) is 9.51. The molecular formula is C10H14N2O4S. The second-order valence-corrected chi connectivity index (χ2v) is 5.15. The van der Waals surface area contributed by atoms with Crippen LogP contribution >= 0.6 is 0 Å². The Hall–Kier alpha value is -1.60. The number of hydrogen-bond donors (Lipinski definition) is 2. The highest BCUT2D eigenvalue weighted by atomic mass is 32.2. The molecule has 6 nitrogen and oxygen atoms in total. The highest BCUT2D eigenvalue weighted by Crippen LogP contribution is 2.13. The fraction of sp³-hybridized carbons (Fsp3) is 0.300. The number of esters is 1. The van der Waals surface area contributed by atoms with E-state index in [-0.39, 0.29) is 4.90 Å². The Bertz CT molecular complexity index is 513. The topological polar surface area (TPSA) is 98.5 Å². The second kappa shape index (κ2) is 5.15. The molecule has 1 rings (SSSR count). The molecule has 94 valence electrons. The molecule has 0 aromatic heterocycles. The summed E-state index contributed by atoms with van der Waals surface area (Å²) in [5, 5.41) is 0. The summed E-state index contributed by atoms with van der Waals surface area (Å²) in [5.74, 6) is -0.655. The van der Waals surface area contributed by atoms with E-state index in [0.717, 1.165) is 0 Å². The van der Waals surface area contributed by atoms with Gasteiger partial charge in [-0.05, 0) is 25.1 Å². The van der Waals surface area contributed by atoms with E-state index in [1.165, 1.54) is 32.2 Å². The average molecular weight is 258 g/mol. The molecule has 1 unspecified atom stereocenters. The number of hydrogen-bond acceptors (Lipinski definition) is 5. The summed E-state index contributed by atoms with van der Waals surface area (Å²) in [5.41, 5.74) is 5.82. The molecular weight excluding hydrogens is 244 g/mol. The third kappa shape index (κ3) is 3.43. The summed E-state index contributed by atoms with van der Waals surface area (Å²) < 4.78 is 30.3. The number of nitrogen functional groups attached to an aromatic ring is 1. The highest BCUT2D eigenvalue weighted by Gasteiger charge is 2.22. The molecule has 0 radical (unpaired) electrons. The van der Waals surface area contributed by atoms with Gasteiger partial charge >= 0.3 is 5.97 Å². The lowest BCUT2D eigenvalue weighted by Crippen LogP contribution is -2.39. The molecule has 1 aromatic carbocycles. The molecule has 0 saturated heterocycles. The molecule has 0 fully saturated rings. The minimum atomic E-state index is -3.77. The standard InChI is InChI=1S/C10H14N2O4S/c1-7(10(13)16-2)12-17(14,15)9-5-3-4-8(11)6-9/h3-7,12H,11H2,1-2H3. The predicted molar refractivity (Wildman–Crippen MR) is 62.7 cm³/mol. The molecule has 0 aliphatic carbocycles. The van der Waals surface area contributed by atoms with Crippen LogP contribution < -0.4 is 10.5 Å². The highest BCUT2D eigenvalue weighted by molar-refractivity contribution is 7.89. The minimum absolute atomic E-state index is 0.00764. The zero-order chi connectivity index (χ0) is 13.1. The van der Waals surface area contributed by atoms with E-state index in [1.54, 1.807) is 6.07 Å². The molecule has 0 bridgehead atoms. The van der Waals surface area contributed by atoms with Gasteiger partial charge < -0.3 is 10.5 Å². The van der Waals surface area contributed by atoms with E-state index < -0.39 is 22.0 Å². The van der Waals surface area contributed by atoms with Crippen molar-refractivity contribution in [3.63, 3.8) is 0 Å². The Morgan fingerprint density at radius 2 is 2.12 bits per heavy atom. The molecule has 0 aliphatic rings. The number of carbonyl (C=O) groups is 1. The number of sulfonamides is 1. The molecule has 0 amide bonds. The van der Waals surface area contributed by atoms with Gasteiger partial charge in [-0.1, -0.05) is 6.07 Å². The van der Waals surface area contributed by atoms with Gasteiger partial charge in [0.25, 0.3) is 0 Å². The number of anilines is 1. The summed E-state index contributed by atoms with van der Waals surface area (Å²) in [6, 6.07) is 4.84. The van der Waals surface area contributed by atoms with Crippen LogP contribution in [-0.2, 0) is 19.6 Å². The smallest absolute Gasteiger partial charge is 0.323 e. The van der Waals surface area contributed by atoms with Gasteiger partial charge in [-0.2, -0.15) is 4.72 Å². The van der Waals surface area contributed by atoms with E-state index >= 15 is 0 Å². The molecule has 1 atom stereocenters. The number of carbonyl (C=O) groups excluding carboxylic acids is 1. The Morgan fingerprint density at radius 3 is 2.65 bits per heavy atom. The normalized spacial score (nSPS) is 13.1. The van der Waals surface area contributed by atoms with Gasteiger partial charge in [0.2, 0.25) is 10.0 Å². The third-order valence-electron chi connectivity index (χ3n) is 2.06. The van der Waals surface area contributed by atoms with Crippen LogP contribution in [0.3, 0.4) is 0 Å². The first-order valence-electron chi connectivity index (χ1n) is 4.82. The number of ether oxygens (including phenoxy) is 1. The number of nitrogens with two attached hydrogens (primary N) is 1. The number of methoxy groups -OCH3 is 1. The Kier molecular flexibility index (Phi) is 4.08. The lowest BCUT2D eigenvalue weighted by molar-refractivity contribution is -0.142. The van der Waals surface area contributed by atoms with Gasteiger partial charge in [-0.3, -0.25) is 4.79 Å². The van der Waals surface area contributed by atoms with Gasteiger partial charge in [-0.15, -0.1) is 0 Å². The minimum Gasteiger partial charge on any atom is -0.468 e. The summed E-state index contributed by atoms with van der Waals surface area (Å²) in [6.45, 7) is 1.40.